The second-order valence-electron chi connectivity index (χ2n) is 5.69. The molecule has 2 atom stereocenters. The molecule has 100 valence electrons. The molecule has 1 aliphatic rings. The first-order chi connectivity index (χ1) is 8.45. The number of hydrogen-bond acceptors (Lipinski definition) is 3. The third kappa shape index (κ3) is 2.83. The first kappa shape index (κ1) is 12.9. The van der Waals surface area contributed by atoms with E-state index in [1.165, 1.54) is 6.42 Å². The number of nitrogens with zero attached hydrogens (tertiary/aromatic N) is 2. The third-order valence-corrected chi connectivity index (χ3v) is 3.59. The van der Waals surface area contributed by atoms with Crippen LogP contribution in [0.4, 0.5) is 5.69 Å². The minimum Gasteiger partial charge on any atom is -0.396 e. The number of rotatable bonds is 2. The maximum Gasteiger partial charge on any atom is 0.274 e. The van der Waals surface area contributed by atoms with Crippen LogP contribution in [-0.2, 0) is 7.05 Å². The van der Waals surface area contributed by atoms with Gasteiger partial charge in [0.25, 0.3) is 5.91 Å². The van der Waals surface area contributed by atoms with Gasteiger partial charge in [0.15, 0.2) is 5.69 Å². The third-order valence-electron chi connectivity index (χ3n) is 3.59. The highest BCUT2D eigenvalue weighted by Gasteiger charge is 2.26. The van der Waals surface area contributed by atoms with E-state index < -0.39 is 0 Å². The van der Waals surface area contributed by atoms with Crippen LogP contribution in [-0.4, -0.2) is 21.7 Å². The first-order valence-corrected chi connectivity index (χ1v) is 6.55. The molecular formula is C13H22N4O. The van der Waals surface area contributed by atoms with Crippen LogP contribution >= 0.6 is 0 Å². The fraction of sp³-hybridized carbons (Fsp3) is 0.692. The van der Waals surface area contributed by atoms with E-state index in [9.17, 15) is 4.79 Å². The van der Waals surface area contributed by atoms with Crippen LogP contribution in [0.3, 0.4) is 0 Å². The Kier molecular flexibility index (Phi) is 3.59. The van der Waals surface area contributed by atoms with Crippen molar-refractivity contribution >= 4 is 11.6 Å². The molecule has 5 nitrogen and oxygen atoms in total. The van der Waals surface area contributed by atoms with Gasteiger partial charge in [0.1, 0.15) is 0 Å². The molecule has 2 rings (SSSR count). The number of amides is 1. The van der Waals surface area contributed by atoms with Crippen LogP contribution in [0.25, 0.3) is 0 Å². The molecule has 1 fully saturated rings. The van der Waals surface area contributed by atoms with Gasteiger partial charge in [0.2, 0.25) is 0 Å². The van der Waals surface area contributed by atoms with Crippen molar-refractivity contribution in [3.8, 4) is 0 Å². The highest BCUT2D eigenvalue weighted by molar-refractivity contribution is 5.97. The second kappa shape index (κ2) is 5.00. The molecule has 0 bridgehead atoms. The topological polar surface area (TPSA) is 72.9 Å². The summed E-state index contributed by atoms with van der Waals surface area (Å²) in [6.07, 6.45) is 4.99. The first-order valence-electron chi connectivity index (χ1n) is 6.55. The maximum absolute atomic E-state index is 12.1. The van der Waals surface area contributed by atoms with Gasteiger partial charge in [0.05, 0.1) is 5.69 Å². The monoisotopic (exact) mass is 250 g/mol. The lowest BCUT2D eigenvalue weighted by Gasteiger charge is -2.31. The Bertz CT molecular complexity index is 430. The molecule has 0 aliphatic heterocycles. The van der Waals surface area contributed by atoms with Gasteiger partial charge in [-0.2, -0.15) is 5.10 Å². The van der Waals surface area contributed by atoms with E-state index in [2.05, 4.69) is 24.3 Å². The van der Waals surface area contributed by atoms with Gasteiger partial charge in [-0.15, -0.1) is 0 Å². The lowest BCUT2D eigenvalue weighted by Crippen LogP contribution is -2.40. The highest BCUT2D eigenvalue weighted by atomic mass is 16.2. The summed E-state index contributed by atoms with van der Waals surface area (Å²) in [6, 6.07) is 0.248. The van der Waals surface area contributed by atoms with Gasteiger partial charge in [-0.05, 0) is 31.1 Å². The van der Waals surface area contributed by atoms with Crippen LogP contribution < -0.4 is 11.1 Å². The molecule has 0 saturated heterocycles. The summed E-state index contributed by atoms with van der Waals surface area (Å²) in [6.45, 7) is 4.48. The zero-order valence-electron chi connectivity index (χ0n) is 11.3. The summed E-state index contributed by atoms with van der Waals surface area (Å²) in [7, 11) is 1.76. The zero-order valence-corrected chi connectivity index (χ0v) is 11.3. The van der Waals surface area contributed by atoms with Crippen molar-refractivity contribution in [3.63, 3.8) is 0 Å². The molecule has 0 aromatic carbocycles. The molecule has 0 spiro atoms. The molecule has 1 aromatic heterocycles. The number of nitrogens with one attached hydrogen (secondary N) is 1. The van der Waals surface area contributed by atoms with Crippen LogP contribution in [0.5, 0.6) is 0 Å². The van der Waals surface area contributed by atoms with Crippen molar-refractivity contribution in [2.45, 2.75) is 39.2 Å². The molecule has 0 radical (unpaired) electrons. The Hall–Kier alpha value is -1.52. The summed E-state index contributed by atoms with van der Waals surface area (Å²) < 4.78 is 1.57. The number of aromatic nitrogens is 2. The summed E-state index contributed by atoms with van der Waals surface area (Å²) in [5, 5.41) is 7.15. The predicted octanol–water partition coefficient (Wildman–Crippen LogP) is 1.56. The molecule has 1 heterocycles. The standard InChI is InChI=1S/C13H22N4O/c1-8-4-9(2)6-10(5-8)15-13(18)12-11(14)7-17(3)16-12/h7-10H,4-6,14H2,1-3H3,(H,15,18). The SMILES string of the molecule is CC1CC(C)CC(NC(=O)c2nn(C)cc2N)C1. The van der Waals surface area contributed by atoms with Crippen LogP contribution in [0.15, 0.2) is 6.20 Å². The van der Waals surface area contributed by atoms with Crippen molar-refractivity contribution in [1.29, 1.82) is 0 Å². The highest BCUT2D eigenvalue weighted by Crippen LogP contribution is 2.28. The number of nitrogens with two attached hydrogens (primary N) is 1. The van der Waals surface area contributed by atoms with E-state index in [1.54, 1.807) is 17.9 Å². The number of carbonyl (C=O) groups is 1. The molecule has 1 amide bonds. The number of hydrogen-bond donors (Lipinski definition) is 2. The molecular weight excluding hydrogens is 228 g/mol. The van der Waals surface area contributed by atoms with Gasteiger partial charge >= 0.3 is 0 Å². The minimum absolute atomic E-state index is 0.153. The molecule has 2 unspecified atom stereocenters. The van der Waals surface area contributed by atoms with Gasteiger partial charge in [-0.3, -0.25) is 9.48 Å². The predicted molar refractivity (Wildman–Crippen MR) is 71.1 cm³/mol. The van der Waals surface area contributed by atoms with Crippen LogP contribution in [0, 0.1) is 11.8 Å². The van der Waals surface area contributed by atoms with Crippen molar-refractivity contribution in [3.05, 3.63) is 11.9 Å². The molecule has 5 heteroatoms. The Balaban J connectivity index is 2.01. The Morgan fingerprint density at radius 1 is 1.39 bits per heavy atom. The molecule has 1 aromatic rings. The lowest BCUT2D eigenvalue weighted by atomic mass is 9.80. The quantitative estimate of drug-likeness (QED) is 0.836. The van der Waals surface area contributed by atoms with Gasteiger partial charge in [-0.1, -0.05) is 13.8 Å². The zero-order chi connectivity index (χ0) is 13.3. The fourth-order valence-electron chi connectivity index (χ4n) is 3.00. The van der Waals surface area contributed by atoms with E-state index in [1.807, 2.05) is 0 Å². The van der Waals surface area contributed by atoms with Gasteiger partial charge in [0, 0.05) is 19.3 Å². The minimum atomic E-state index is -0.153. The summed E-state index contributed by atoms with van der Waals surface area (Å²) in [5.41, 5.74) is 6.53. The smallest absolute Gasteiger partial charge is 0.274 e. The second-order valence-corrected chi connectivity index (χ2v) is 5.69. The van der Waals surface area contributed by atoms with Crippen molar-refractivity contribution in [2.24, 2.45) is 18.9 Å². The van der Waals surface area contributed by atoms with Crippen molar-refractivity contribution in [1.82, 2.24) is 15.1 Å². The number of nitrogen functional groups attached to an aromatic ring is 1. The molecule has 18 heavy (non-hydrogen) atoms. The largest absolute Gasteiger partial charge is 0.396 e. The maximum atomic E-state index is 12.1. The van der Waals surface area contributed by atoms with E-state index in [0.717, 1.165) is 12.8 Å². The Morgan fingerprint density at radius 2 is 2.00 bits per heavy atom. The van der Waals surface area contributed by atoms with E-state index in [4.69, 9.17) is 5.73 Å². The lowest BCUT2D eigenvalue weighted by molar-refractivity contribution is 0.0906. The average molecular weight is 250 g/mol. The molecule has 1 saturated carbocycles. The van der Waals surface area contributed by atoms with Gasteiger partial charge < -0.3 is 11.1 Å². The Morgan fingerprint density at radius 3 is 2.50 bits per heavy atom. The molecule has 3 N–H and O–H groups in total. The van der Waals surface area contributed by atoms with E-state index in [0.29, 0.717) is 23.2 Å². The van der Waals surface area contributed by atoms with Crippen LogP contribution in [0.2, 0.25) is 0 Å². The number of anilines is 1. The number of aryl methyl sites for hydroxylation is 1. The normalized spacial score (nSPS) is 28.1. The van der Waals surface area contributed by atoms with Crippen molar-refractivity contribution < 1.29 is 4.79 Å². The summed E-state index contributed by atoms with van der Waals surface area (Å²) in [4.78, 5) is 12.1. The Labute approximate surface area is 108 Å². The van der Waals surface area contributed by atoms with Crippen LogP contribution in [0.1, 0.15) is 43.6 Å². The summed E-state index contributed by atoms with van der Waals surface area (Å²) >= 11 is 0. The molecule has 1 aliphatic carbocycles. The van der Waals surface area contributed by atoms with Gasteiger partial charge in [-0.25, -0.2) is 0 Å². The van der Waals surface area contributed by atoms with Crippen molar-refractivity contribution in [2.75, 3.05) is 5.73 Å². The average Bonchev–Trinajstić information content (AvgIpc) is 2.56. The van der Waals surface area contributed by atoms with E-state index in [-0.39, 0.29) is 11.9 Å². The number of carbonyl (C=O) groups excluding carboxylic acids is 1. The summed E-state index contributed by atoms with van der Waals surface area (Å²) in [5.74, 6) is 1.18. The fourth-order valence-corrected chi connectivity index (χ4v) is 3.00. The van der Waals surface area contributed by atoms with E-state index >= 15 is 0 Å².